The van der Waals surface area contributed by atoms with Gasteiger partial charge in [-0.3, -0.25) is 4.79 Å². The fourth-order valence-electron chi connectivity index (χ4n) is 4.34. The third kappa shape index (κ3) is 4.35. The van der Waals surface area contributed by atoms with Crippen molar-refractivity contribution in [3.63, 3.8) is 0 Å². The number of nitrogens with one attached hydrogen (secondary N) is 2. The van der Waals surface area contributed by atoms with Gasteiger partial charge in [0.05, 0.1) is 0 Å². The fraction of sp³-hybridized carbons (Fsp3) is 0.619. The molecule has 1 saturated heterocycles. The molecule has 2 fully saturated rings. The number of ether oxygens (including phenoxy) is 2. The van der Waals surface area contributed by atoms with Crippen LogP contribution in [-0.4, -0.2) is 41.8 Å². The van der Waals surface area contributed by atoms with Gasteiger partial charge in [-0.25, -0.2) is 0 Å². The van der Waals surface area contributed by atoms with Crippen LogP contribution in [-0.2, 0) is 4.79 Å². The molecule has 1 aliphatic carbocycles. The molecular formula is C21H29N3O3S. The van der Waals surface area contributed by atoms with Gasteiger partial charge in [-0.05, 0) is 56.0 Å². The van der Waals surface area contributed by atoms with Gasteiger partial charge >= 0.3 is 0 Å². The van der Waals surface area contributed by atoms with Crippen molar-refractivity contribution in [2.24, 2.45) is 11.8 Å². The number of piperidine rings is 1. The number of carbonyl (C=O) groups is 1. The monoisotopic (exact) mass is 403 g/mol. The van der Waals surface area contributed by atoms with E-state index in [0.717, 1.165) is 42.5 Å². The van der Waals surface area contributed by atoms with E-state index in [-0.39, 0.29) is 18.6 Å². The lowest BCUT2D eigenvalue weighted by Gasteiger charge is -2.37. The van der Waals surface area contributed by atoms with E-state index in [0.29, 0.717) is 17.7 Å². The lowest BCUT2D eigenvalue weighted by molar-refractivity contribution is -0.121. The summed E-state index contributed by atoms with van der Waals surface area (Å²) in [6.45, 7) is 4.20. The third-order valence-electron chi connectivity index (χ3n) is 6.21. The molecule has 1 saturated carbocycles. The van der Waals surface area contributed by atoms with Crippen molar-refractivity contribution in [1.82, 2.24) is 10.2 Å². The van der Waals surface area contributed by atoms with Gasteiger partial charge in [0.25, 0.3) is 0 Å². The van der Waals surface area contributed by atoms with Gasteiger partial charge in [0.15, 0.2) is 16.6 Å². The molecule has 28 heavy (non-hydrogen) atoms. The van der Waals surface area contributed by atoms with Crippen molar-refractivity contribution in [3.05, 3.63) is 18.2 Å². The summed E-state index contributed by atoms with van der Waals surface area (Å²) in [4.78, 5) is 14.9. The summed E-state index contributed by atoms with van der Waals surface area (Å²) in [6.07, 6.45) is 6.73. The second kappa shape index (κ2) is 8.55. The van der Waals surface area contributed by atoms with Crippen molar-refractivity contribution in [3.8, 4) is 11.5 Å². The second-order valence-corrected chi connectivity index (χ2v) is 8.52. The highest BCUT2D eigenvalue weighted by molar-refractivity contribution is 7.80. The van der Waals surface area contributed by atoms with Gasteiger partial charge in [-0.1, -0.05) is 19.8 Å². The molecular weight excluding hydrogens is 374 g/mol. The van der Waals surface area contributed by atoms with E-state index in [1.165, 1.54) is 25.7 Å². The van der Waals surface area contributed by atoms with Crippen LogP contribution < -0.4 is 20.1 Å². The summed E-state index contributed by atoms with van der Waals surface area (Å²) in [5.74, 6) is 2.16. The Bertz CT molecular complexity index is 734. The number of thiocarbonyl (C=S) groups is 1. The van der Waals surface area contributed by atoms with E-state index in [1.807, 2.05) is 18.2 Å². The first-order chi connectivity index (χ1) is 13.6. The Balaban J connectivity index is 1.25. The first-order valence-corrected chi connectivity index (χ1v) is 10.8. The summed E-state index contributed by atoms with van der Waals surface area (Å²) >= 11 is 5.65. The second-order valence-electron chi connectivity index (χ2n) is 8.14. The molecule has 2 heterocycles. The highest BCUT2D eigenvalue weighted by Gasteiger charge is 2.28. The zero-order valence-corrected chi connectivity index (χ0v) is 17.2. The molecule has 4 rings (SSSR count). The number of likely N-dealkylation sites (tertiary alicyclic amines) is 1. The fourth-order valence-corrected chi connectivity index (χ4v) is 4.68. The van der Waals surface area contributed by atoms with E-state index < -0.39 is 0 Å². The maximum Gasteiger partial charge on any atom is 0.231 e. The van der Waals surface area contributed by atoms with Gasteiger partial charge in [0.2, 0.25) is 12.7 Å². The molecule has 0 spiro atoms. The standard InChI is InChI=1S/C21H29N3O3S/c1-14-4-2-3-5-17(14)23-21(28)24-10-8-15(9-11-24)20(25)22-16-6-7-18-19(12-16)27-13-26-18/h6-7,12,14-15,17H,2-5,8-11,13H2,1H3,(H,22,25)(H,23,28)/t14-,17+/m0/s1. The molecule has 3 aliphatic rings. The number of carbonyl (C=O) groups excluding carboxylic acids is 1. The maximum absolute atomic E-state index is 12.7. The highest BCUT2D eigenvalue weighted by Crippen LogP contribution is 2.34. The Morgan fingerprint density at radius 1 is 1.11 bits per heavy atom. The largest absolute Gasteiger partial charge is 0.454 e. The summed E-state index contributed by atoms with van der Waals surface area (Å²) in [5, 5.41) is 7.45. The van der Waals surface area contributed by atoms with E-state index >= 15 is 0 Å². The van der Waals surface area contributed by atoms with Crippen molar-refractivity contribution >= 4 is 28.9 Å². The van der Waals surface area contributed by atoms with Crippen molar-refractivity contribution in [2.45, 2.75) is 51.5 Å². The number of nitrogens with zero attached hydrogens (tertiary/aromatic N) is 1. The SMILES string of the molecule is C[C@H]1CCCC[C@H]1NC(=S)N1CCC(C(=O)Nc2ccc3c(c2)OCO3)CC1. The molecule has 2 aliphatic heterocycles. The van der Waals surface area contributed by atoms with Crippen LogP contribution in [0.3, 0.4) is 0 Å². The number of anilines is 1. The van der Waals surface area contributed by atoms with Gasteiger partial charge in [0.1, 0.15) is 0 Å². The summed E-state index contributed by atoms with van der Waals surface area (Å²) < 4.78 is 10.7. The minimum absolute atomic E-state index is 0.0121. The smallest absolute Gasteiger partial charge is 0.231 e. The summed E-state index contributed by atoms with van der Waals surface area (Å²) in [7, 11) is 0. The lowest BCUT2D eigenvalue weighted by Crippen LogP contribution is -2.50. The van der Waals surface area contributed by atoms with E-state index in [9.17, 15) is 4.79 Å². The van der Waals surface area contributed by atoms with Crippen LogP contribution in [0.2, 0.25) is 0 Å². The number of amides is 1. The Morgan fingerprint density at radius 3 is 2.64 bits per heavy atom. The molecule has 1 aromatic carbocycles. The van der Waals surface area contributed by atoms with Crippen LogP contribution in [0.15, 0.2) is 18.2 Å². The van der Waals surface area contributed by atoms with E-state index in [1.54, 1.807) is 0 Å². The van der Waals surface area contributed by atoms with Crippen LogP contribution in [0.5, 0.6) is 11.5 Å². The average Bonchev–Trinajstić information content (AvgIpc) is 3.17. The van der Waals surface area contributed by atoms with Gasteiger partial charge in [-0.15, -0.1) is 0 Å². The number of hydrogen-bond donors (Lipinski definition) is 2. The van der Waals surface area contributed by atoms with Gasteiger partial charge in [0, 0.05) is 36.8 Å². The van der Waals surface area contributed by atoms with E-state index in [2.05, 4.69) is 22.5 Å². The predicted molar refractivity (Wildman–Crippen MR) is 113 cm³/mol. The Morgan fingerprint density at radius 2 is 1.86 bits per heavy atom. The topological polar surface area (TPSA) is 62.8 Å². The molecule has 0 aromatic heterocycles. The molecule has 7 heteroatoms. The number of hydrogen-bond acceptors (Lipinski definition) is 4. The molecule has 152 valence electrons. The molecule has 1 aromatic rings. The molecule has 2 N–H and O–H groups in total. The van der Waals surface area contributed by atoms with Gasteiger partial charge < -0.3 is 25.0 Å². The molecule has 0 bridgehead atoms. The molecule has 2 atom stereocenters. The first-order valence-electron chi connectivity index (χ1n) is 10.4. The minimum Gasteiger partial charge on any atom is -0.454 e. The van der Waals surface area contributed by atoms with Crippen molar-refractivity contribution in [1.29, 1.82) is 0 Å². The number of fused-ring (bicyclic) bond motifs is 1. The predicted octanol–water partition coefficient (Wildman–Crippen LogP) is 3.52. The molecule has 6 nitrogen and oxygen atoms in total. The number of benzene rings is 1. The zero-order valence-electron chi connectivity index (χ0n) is 16.4. The minimum atomic E-state index is 0.0121. The zero-order chi connectivity index (χ0) is 19.5. The van der Waals surface area contributed by atoms with Gasteiger partial charge in [-0.2, -0.15) is 0 Å². The van der Waals surface area contributed by atoms with E-state index in [4.69, 9.17) is 21.7 Å². The molecule has 1 amide bonds. The van der Waals surface area contributed by atoms with Crippen LogP contribution in [0.25, 0.3) is 0 Å². The van der Waals surface area contributed by atoms with Crippen molar-refractivity contribution in [2.75, 3.05) is 25.2 Å². The summed E-state index contributed by atoms with van der Waals surface area (Å²) in [5.41, 5.74) is 0.750. The van der Waals surface area contributed by atoms with Crippen molar-refractivity contribution < 1.29 is 14.3 Å². The third-order valence-corrected chi connectivity index (χ3v) is 6.59. The Kier molecular flexibility index (Phi) is 5.90. The lowest BCUT2D eigenvalue weighted by atomic mass is 9.86. The van der Waals surface area contributed by atoms with Crippen LogP contribution >= 0.6 is 12.2 Å². The first kappa shape index (κ1) is 19.3. The number of rotatable bonds is 3. The maximum atomic E-state index is 12.7. The van der Waals surface area contributed by atoms with Crippen LogP contribution in [0, 0.1) is 11.8 Å². The average molecular weight is 404 g/mol. The molecule has 0 unspecified atom stereocenters. The Labute approximate surface area is 171 Å². The normalized spacial score (nSPS) is 24.7. The Hall–Kier alpha value is -2.02. The van der Waals surface area contributed by atoms with Crippen LogP contribution in [0.4, 0.5) is 5.69 Å². The quantitative estimate of drug-likeness (QED) is 0.753. The molecule has 0 radical (unpaired) electrons. The highest BCUT2D eigenvalue weighted by atomic mass is 32.1. The van der Waals surface area contributed by atoms with Crippen LogP contribution in [0.1, 0.15) is 45.4 Å². The summed E-state index contributed by atoms with van der Waals surface area (Å²) in [6, 6.07) is 6.00.